The number of aromatic hydroxyl groups is 1. The van der Waals surface area contributed by atoms with E-state index in [1.54, 1.807) is 24.7 Å². The molecule has 0 radical (unpaired) electrons. The monoisotopic (exact) mass is 438 g/mol. The first-order valence-corrected chi connectivity index (χ1v) is 9.48. The minimum Gasteiger partial charge on any atom is -0.504 e. The number of carboxylic acid groups (broad SMARTS) is 3. The Labute approximate surface area is 181 Å². The second-order valence-electron chi connectivity index (χ2n) is 6.73. The van der Waals surface area contributed by atoms with E-state index in [1.165, 1.54) is 46.2 Å². The quantitative estimate of drug-likeness (QED) is 0.307. The normalized spacial score (nSPS) is 13.5. The Balaban J connectivity index is 0.000000537. The number of pyridine rings is 1. The third kappa shape index (κ3) is 14.1. The molecule has 0 spiro atoms. The molecule has 0 bridgehead atoms. The minimum atomic E-state index is -1.26. The van der Waals surface area contributed by atoms with Crippen LogP contribution in [0.1, 0.15) is 32.1 Å². The van der Waals surface area contributed by atoms with Gasteiger partial charge in [-0.05, 0) is 25.0 Å². The van der Waals surface area contributed by atoms with E-state index < -0.39 is 18.0 Å². The standard InChI is InChI=1S/C13H19N3O.C4H4O4.C3H7NO2/c1-16(11-6-3-2-4-7-11)10-15-13-12(17)8-5-9-14-13;5-3(6)1-2-4(7)8;1-4(2)3(5)6/h5,8-11,17H,2-4,6-7H2,1H3;1-2H,(H,5,6)(H,7,8);1-2H3,(H,5,6)/b;2-1-;. The van der Waals surface area contributed by atoms with E-state index >= 15 is 0 Å². The summed E-state index contributed by atoms with van der Waals surface area (Å²) in [6.07, 6.45) is 10.0. The van der Waals surface area contributed by atoms with Crippen molar-refractivity contribution in [2.45, 2.75) is 38.1 Å². The number of nitrogens with zero attached hydrogens (tertiary/aromatic N) is 4. The Bertz CT molecular complexity index is 744. The Morgan fingerprint density at radius 2 is 1.55 bits per heavy atom. The van der Waals surface area contributed by atoms with Crippen LogP contribution in [0, 0.1) is 0 Å². The van der Waals surface area contributed by atoms with E-state index in [-0.39, 0.29) is 5.75 Å². The Hall–Kier alpha value is -3.63. The maximum Gasteiger partial charge on any atom is 0.406 e. The number of rotatable bonds is 5. The van der Waals surface area contributed by atoms with Crippen molar-refractivity contribution in [1.29, 1.82) is 0 Å². The van der Waals surface area contributed by atoms with Crippen LogP contribution in [0.4, 0.5) is 10.6 Å². The van der Waals surface area contributed by atoms with Crippen LogP contribution >= 0.6 is 0 Å². The van der Waals surface area contributed by atoms with Crippen molar-refractivity contribution in [3.05, 3.63) is 30.5 Å². The smallest absolute Gasteiger partial charge is 0.406 e. The summed E-state index contributed by atoms with van der Waals surface area (Å²) < 4.78 is 0. The summed E-state index contributed by atoms with van der Waals surface area (Å²) in [7, 11) is 4.99. The third-order valence-corrected chi connectivity index (χ3v) is 4.03. The largest absolute Gasteiger partial charge is 0.504 e. The molecular formula is C20H30N4O7. The molecule has 0 saturated heterocycles. The highest BCUT2D eigenvalue weighted by atomic mass is 16.4. The molecule has 0 aromatic carbocycles. The summed E-state index contributed by atoms with van der Waals surface area (Å²) in [4.78, 5) is 40.2. The molecule has 4 N–H and O–H groups in total. The van der Waals surface area contributed by atoms with Gasteiger partial charge in [0.05, 0.1) is 6.34 Å². The van der Waals surface area contributed by atoms with E-state index in [4.69, 9.17) is 15.3 Å². The summed E-state index contributed by atoms with van der Waals surface area (Å²) in [6.45, 7) is 0. The van der Waals surface area contributed by atoms with Gasteiger partial charge in [0, 0.05) is 45.5 Å². The number of aliphatic imine (C=N–C) groups is 1. The highest BCUT2D eigenvalue weighted by Crippen LogP contribution is 2.23. The Morgan fingerprint density at radius 1 is 1.03 bits per heavy atom. The van der Waals surface area contributed by atoms with Crippen LogP contribution in [0.2, 0.25) is 0 Å². The molecule has 1 amide bonds. The lowest BCUT2D eigenvalue weighted by molar-refractivity contribution is -0.134. The van der Waals surface area contributed by atoms with Crippen LogP contribution in [0.15, 0.2) is 35.5 Å². The van der Waals surface area contributed by atoms with E-state index in [0.717, 1.165) is 4.90 Å². The van der Waals surface area contributed by atoms with Crippen LogP contribution in [-0.4, -0.2) is 86.8 Å². The fraction of sp³-hybridized carbons (Fsp3) is 0.450. The maximum absolute atomic E-state index is 9.62. The molecule has 1 aliphatic rings. The molecule has 1 aromatic heterocycles. The molecule has 1 fully saturated rings. The first-order valence-electron chi connectivity index (χ1n) is 9.48. The van der Waals surface area contributed by atoms with Gasteiger partial charge >= 0.3 is 18.0 Å². The minimum absolute atomic E-state index is 0.126. The maximum atomic E-state index is 9.62. The number of aliphatic carboxylic acids is 2. The van der Waals surface area contributed by atoms with Crippen LogP contribution in [0.3, 0.4) is 0 Å². The summed E-state index contributed by atoms with van der Waals surface area (Å²) in [5, 5.41) is 33.1. The fourth-order valence-electron chi connectivity index (χ4n) is 2.36. The van der Waals surface area contributed by atoms with Crippen molar-refractivity contribution in [1.82, 2.24) is 14.8 Å². The van der Waals surface area contributed by atoms with Gasteiger partial charge in [-0.25, -0.2) is 24.4 Å². The van der Waals surface area contributed by atoms with Gasteiger partial charge in [0.25, 0.3) is 0 Å². The molecule has 0 atom stereocenters. The molecule has 172 valence electrons. The van der Waals surface area contributed by atoms with Gasteiger partial charge in [-0.1, -0.05) is 19.3 Å². The zero-order valence-electron chi connectivity index (χ0n) is 17.9. The lowest BCUT2D eigenvalue weighted by Crippen LogP contribution is -2.32. The number of hydrogen-bond acceptors (Lipinski definition) is 6. The predicted molar refractivity (Wildman–Crippen MR) is 115 cm³/mol. The van der Waals surface area contributed by atoms with E-state index in [2.05, 4.69) is 14.9 Å². The number of carboxylic acids is 2. The van der Waals surface area contributed by atoms with Crippen molar-refractivity contribution in [3.8, 4) is 5.75 Å². The van der Waals surface area contributed by atoms with Gasteiger partial charge in [-0.15, -0.1) is 0 Å². The van der Waals surface area contributed by atoms with Crippen molar-refractivity contribution >= 4 is 30.2 Å². The van der Waals surface area contributed by atoms with Gasteiger partial charge in [0.1, 0.15) is 0 Å². The van der Waals surface area contributed by atoms with Gasteiger partial charge in [-0.3, -0.25) is 0 Å². The molecule has 1 aliphatic carbocycles. The fourth-order valence-corrected chi connectivity index (χ4v) is 2.36. The lowest BCUT2D eigenvalue weighted by Gasteiger charge is -2.29. The van der Waals surface area contributed by atoms with Crippen molar-refractivity contribution in [2.75, 3.05) is 21.1 Å². The summed E-state index contributed by atoms with van der Waals surface area (Å²) >= 11 is 0. The van der Waals surface area contributed by atoms with Gasteiger partial charge < -0.3 is 30.2 Å². The average Bonchev–Trinajstić information content (AvgIpc) is 2.73. The topological polar surface area (TPSA) is 164 Å². The van der Waals surface area contributed by atoms with Gasteiger partial charge in [0.2, 0.25) is 0 Å². The van der Waals surface area contributed by atoms with Crippen LogP contribution in [0.25, 0.3) is 0 Å². The van der Waals surface area contributed by atoms with E-state index in [0.29, 0.717) is 24.0 Å². The molecule has 1 heterocycles. The van der Waals surface area contributed by atoms with E-state index in [1.807, 2.05) is 7.05 Å². The number of aromatic nitrogens is 1. The first kappa shape index (κ1) is 27.4. The van der Waals surface area contributed by atoms with Crippen molar-refractivity contribution < 1.29 is 34.8 Å². The third-order valence-electron chi connectivity index (χ3n) is 4.03. The van der Waals surface area contributed by atoms with Gasteiger partial charge in [0.15, 0.2) is 11.6 Å². The highest BCUT2D eigenvalue weighted by Gasteiger charge is 2.15. The van der Waals surface area contributed by atoms with Crippen LogP contribution < -0.4 is 0 Å². The number of amides is 1. The van der Waals surface area contributed by atoms with E-state index in [9.17, 15) is 19.5 Å². The molecule has 2 rings (SSSR count). The molecule has 1 aromatic rings. The molecule has 0 unspecified atom stereocenters. The van der Waals surface area contributed by atoms with Crippen LogP contribution in [0.5, 0.6) is 5.75 Å². The van der Waals surface area contributed by atoms with Crippen LogP contribution in [-0.2, 0) is 9.59 Å². The molecule has 31 heavy (non-hydrogen) atoms. The predicted octanol–water partition coefficient (Wildman–Crippen LogP) is 2.65. The average molecular weight is 438 g/mol. The summed E-state index contributed by atoms with van der Waals surface area (Å²) in [5.41, 5.74) is 0. The number of carbonyl (C=O) groups is 3. The number of hydrogen-bond donors (Lipinski definition) is 4. The molecule has 1 saturated carbocycles. The second kappa shape index (κ2) is 15.2. The SMILES string of the molecule is CN(C)C(=O)O.CN(C=Nc1ncccc1O)C1CCCCC1.O=C(O)/C=C\C(=O)O. The first-order chi connectivity index (χ1) is 14.5. The Morgan fingerprint density at radius 3 is 1.97 bits per heavy atom. The zero-order chi connectivity index (χ0) is 23.8. The second-order valence-corrected chi connectivity index (χ2v) is 6.73. The van der Waals surface area contributed by atoms with Crippen molar-refractivity contribution in [2.24, 2.45) is 4.99 Å². The molecule has 11 heteroatoms. The summed E-state index contributed by atoms with van der Waals surface area (Å²) in [5.74, 6) is -2.00. The summed E-state index contributed by atoms with van der Waals surface area (Å²) in [6, 6.07) is 3.87. The molecule has 11 nitrogen and oxygen atoms in total. The zero-order valence-corrected chi connectivity index (χ0v) is 17.9. The lowest BCUT2D eigenvalue weighted by atomic mass is 9.95. The van der Waals surface area contributed by atoms with Crippen molar-refractivity contribution in [3.63, 3.8) is 0 Å². The highest BCUT2D eigenvalue weighted by molar-refractivity contribution is 5.89. The Kier molecular flexibility index (Phi) is 13.5. The molecule has 0 aliphatic heterocycles. The van der Waals surface area contributed by atoms with Gasteiger partial charge in [-0.2, -0.15) is 0 Å². The molecular weight excluding hydrogens is 408 g/mol.